The van der Waals surface area contributed by atoms with Gasteiger partial charge in [-0.25, -0.2) is 8.42 Å². The molecule has 0 unspecified atom stereocenters. The van der Waals surface area contributed by atoms with Crippen molar-refractivity contribution in [1.82, 2.24) is 14.2 Å². The summed E-state index contributed by atoms with van der Waals surface area (Å²) >= 11 is 0. The van der Waals surface area contributed by atoms with E-state index in [0.29, 0.717) is 42.9 Å². The van der Waals surface area contributed by atoms with Crippen LogP contribution < -0.4 is 0 Å². The predicted molar refractivity (Wildman–Crippen MR) is 87.4 cm³/mol. The first-order valence-corrected chi connectivity index (χ1v) is 9.08. The van der Waals surface area contributed by atoms with E-state index in [4.69, 9.17) is 0 Å². The summed E-state index contributed by atoms with van der Waals surface area (Å²) in [6.45, 7) is 3.36. The molecule has 1 aliphatic rings. The molecular formula is C16H19N3O3S. The second kappa shape index (κ2) is 6.25. The molecule has 6 nitrogen and oxygen atoms in total. The highest BCUT2D eigenvalue weighted by Gasteiger charge is 2.30. The molecule has 1 aliphatic heterocycles. The van der Waals surface area contributed by atoms with Crippen molar-refractivity contribution in [2.75, 3.05) is 26.2 Å². The summed E-state index contributed by atoms with van der Waals surface area (Å²) in [5.74, 6) is 0.0679. The van der Waals surface area contributed by atoms with E-state index in [1.807, 2.05) is 13.0 Å². The van der Waals surface area contributed by atoms with Crippen molar-refractivity contribution in [2.45, 2.75) is 18.2 Å². The van der Waals surface area contributed by atoms with Gasteiger partial charge in [0.2, 0.25) is 15.9 Å². The van der Waals surface area contributed by atoms with Crippen molar-refractivity contribution in [1.29, 1.82) is 0 Å². The molecule has 0 atom stereocenters. The van der Waals surface area contributed by atoms with Crippen molar-refractivity contribution >= 4 is 26.7 Å². The van der Waals surface area contributed by atoms with Gasteiger partial charge in [0.05, 0.1) is 4.90 Å². The molecule has 7 heteroatoms. The van der Waals surface area contributed by atoms with Crippen LogP contribution >= 0.6 is 0 Å². The van der Waals surface area contributed by atoms with Crippen molar-refractivity contribution in [2.24, 2.45) is 0 Å². The fourth-order valence-electron chi connectivity index (χ4n) is 2.86. The van der Waals surface area contributed by atoms with Crippen LogP contribution in [0.2, 0.25) is 0 Å². The number of carbonyl (C=O) groups excluding carboxylic acids is 1. The molecule has 2 heterocycles. The number of fused-ring (bicyclic) bond motifs is 1. The Balaban J connectivity index is 1.89. The first-order chi connectivity index (χ1) is 11.0. The minimum absolute atomic E-state index is 0.0679. The summed E-state index contributed by atoms with van der Waals surface area (Å²) in [6.07, 6.45) is 3.70. The zero-order valence-electron chi connectivity index (χ0n) is 13.0. The average Bonchev–Trinajstić information content (AvgIpc) is 2.60. The zero-order valence-corrected chi connectivity index (χ0v) is 13.8. The fraction of sp³-hybridized carbons (Fsp3) is 0.375. The maximum atomic E-state index is 12.9. The Morgan fingerprint density at radius 1 is 1.17 bits per heavy atom. The Morgan fingerprint density at radius 2 is 1.91 bits per heavy atom. The lowest BCUT2D eigenvalue weighted by atomic mass is 10.2. The highest BCUT2D eigenvalue weighted by atomic mass is 32.2. The minimum atomic E-state index is -3.58. The number of aromatic nitrogens is 1. The first kappa shape index (κ1) is 15.9. The number of hydrogen-bond donors (Lipinski definition) is 0. The Morgan fingerprint density at radius 3 is 2.61 bits per heavy atom. The Kier molecular flexibility index (Phi) is 4.32. The second-order valence-corrected chi connectivity index (χ2v) is 7.40. The van der Waals surface area contributed by atoms with Crippen LogP contribution in [-0.4, -0.2) is 54.7 Å². The molecule has 1 aromatic heterocycles. The molecule has 0 spiro atoms. The molecule has 0 N–H and O–H groups in total. The van der Waals surface area contributed by atoms with Crippen molar-refractivity contribution in [3.8, 4) is 0 Å². The molecule has 3 rings (SSSR count). The van der Waals surface area contributed by atoms with Crippen LogP contribution in [0.3, 0.4) is 0 Å². The zero-order chi connectivity index (χ0) is 16.4. The summed E-state index contributed by atoms with van der Waals surface area (Å²) < 4.78 is 27.4. The molecular weight excluding hydrogens is 314 g/mol. The number of hydrogen-bond acceptors (Lipinski definition) is 4. The van der Waals surface area contributed by atoms with E-state index in [-0.39, 0.29) is 5.91 Å². The van der Waals surface area contributed by atoms with Crippen LogP contribution in [0, 0.1) is 0 Å². The number of pyridine rings is 1. The molecule has 1 fully saturated rings. The van der Waals surface area contributed by atoms with Crippen LogP contribution in [0.15, 0.2) is 41.6 Å². The molecule has 1 amide bonds. The summed E-state index contributed by atoms with van der Waals surface area (Å²) in [6, 6.07) is 6.92. The molecule has 1 saturated heterocycles. The third-order valence-corrected chi connectivity index (χ3v) is 6.11. The number of amides is 1. The van der Waals surface area contributed by atoms with Gasteiger partial charge in [-0.1, -0.05) is 19.1 Å². The quantitative estimate of drug-likeness (QED) is 0.853. The summed E-state index contributed by atoms with van der Waals surface area (Å²) in [4.78, 5) is 17.8. The van der Waals surface area contributed by atoms with Crippen LogP contribution in [0.1, 0.15) is 13.3 Å². The van der Waals surface area contributed by atoms with Gasteiger partial charge in [-0.15, -0.1) is 0 Å². The van der Waals surface area contributed by atoms with Gasteiger partial charge in [0.1, 0.15) is 0 Å². The van der Waals surface area contributed by atoms with Gasteiger partial charge in [0.15, 0.2) is 0 Å². The SMILES string of the molecule is CCC(=O)N1CCN(S(=O)(=O)c2cccc3cnccc23)CC1. The van der Waals surface area contributed by atoms with E-state index in [0.717, 1.165) is 5.39 Å². The number of benzene rings is 1. The van der Waals surface area contributed by atoms with E-state index in [1.165, 1.54) is 4.31 Å². The van der Waals surface area contributed by atoms with Crippen LogP contribution in [0.25, 0.3) is 10.8 Å². The third kappa shape index (κ3) is 2.94. The maximum Gasteiger partial charge on any atom is 0.243 e. The normalized spacial score (nSPS) is 16.7. The van der Waals surface area contributed by atoms with E-state index < -0.39 is 10.0 Å². The smallest absolute Gasteiger partial charge is 0.243 e. The molecule has 23 heavy (non-hydrogen) atoms. The van der Waals surface area contributed by atoms with Gasteiger partial charge in [-0.3, -0.25) is 9.78 Å². The predicted octanol–water partition coefficient (Wildman–Crippen LogP) is 1.48. The maximum absolute atomic E-state index is 12.9. The summed E-state index contributed by atoms with van der Waals surface area (Å²) in [7, 11) is -3.58. The van der Waals surface area contributed by atoms with Gasteiger partial charge in [-0.2, -0.15) is 4.31 Å². The van der Waals surface area contributed by atoms with Gasteiger partial charge < -0.3 is 4.90 Å². The second-order valence-electron chi connectivity index (χ2n) is 5.49. The van der Waals surface area contributed by atoms with Crippen molar-refractivity contribution in [3.05, 3.63) is 36.7 Å². The molecule has 0 aliphatic carbocycles. The minimum Gasteiger partial charge on any atom is -0.340 e. The molecule has 1 aromatic carbocycles. The van der Waals surface area contributed by atoms with Crippen LogP contribution in [0.4, 0.5) is 0 Å². The van der Waals surface area contributed by atoms with Gasteiger partial charge in [0, 0.05) is 55.8 Å². The number of rotatable bonds is 3. The lowest BCUT2D eigenvalue weighted by molar-refractivity contribution is -0.132. The third-order valence-electron chi connectivity index (χ3n) is 4.15. The number of nitrogens with zero attached hydrogens (tertiary/aromatic N) is 3. The van der Waals surface area contributed by atoms with Crippen molar-refractivity contribution < 1.29 is 13.2 Å². The monoisotopic (exact) mass is 333 g/mol. The fourth-order valence-corrected chi connectivity index (χ4v) is 4.49. The molecule has 2 aromatic rings. The van der Waals surface area contributed by atoms with E-state index in [1.54, 1.807) is 35.5 Å². The van der Waals surface area contributed by atoms with E-state index in [2.05, 4.69) is 4.98 Å². The standard InChI is InChI=1S/C16H19N3O3S/c1-2-16(20)18-8-10-19(11-9-18)23(21,22)15-5-3-4-13-12-17-7-6-14(13)15/h3-7,12H,2,8-11H2,1H3. The topological polar surface area (TPSA) is 70.6 Å². The Labute approximate surface area is 135 Å². The summed E-state index contributed by atoms with van der Waals surface area (Å²) in [5.41, 5.74) is 0. The van der Waals surface area contributed by atoms with Gasteiger partial charge >= 0.3 is 0 Å². The average molecular weight is 333 g/mol. The highest BCUT2D eigenvalue weighted by Crippen LogP contribution is 2.25. The van der Waals surface area contributed by atoms with Crippen LogP contribution in [0.5, 0.6) is 0 Å². The lowest BCUT2D eigenvalue weighted by Crippen LogP contribution is -2.50. The van der Waals surface area contributed by atoms with Crippen LogP contribution in [-0.2, 0) is 14.8 Å². The highest BCUT2D eigenvalue weighted by molar-refractivity contribution is 7.89. The number of carbonyl (C=O) groups is 1. The molecule has 0 radical (unpaired) electrons. The lowest BCUT2D eigenvalue weighted by Gasteiger charge is -2.34. The first-order valence-electron chi connectivity index (χ1n) is 7.64. The van der Waals surface area contributed by atoms with Gasteiger partial charge in [-0.05, 0) is 12.1 Å². The Hall–Kier alpha value is -1.99. The number of sulfonamides is 1. The molecule has 122 valence electrons. The van der Waals surface area contributed by atoms with E-state index >= 15 is 0 Å². The Bertz CT molecular complexity index is 822. The molecule has 0 bridgehead atoms. The van der Waals surface area contributed by atoms with E-state index in [9.17, 15) is 13.2 Å². The van der Waals surface area contributed by atoms with Crippen molar-refractivity contribution in [3.63, 3.8) is 0 Å². The largest absolute Gasteiger partial charge is 0.340 e. The molecule has 0 saturated carbocycles. The van der Waals surface area contributed by atoms with Gasteiger partial charge in [0.25, 0.3) is 0 Å². The number of piperazine rings is 1. The summed E-state index contributed by atoms with van der Waals surface area (Å²) in [5, 5.41) is 1.47.